The maximum atomic E-state index is 12.1. The van der Waals surface area contributed by atoms with Crippen LogP contribution in [-0.4, -0.2) is 28.7 Å². The largest absolute Gasteiger partial charge is 0.502 e. The molecule has 0 atom stereocenters. The third-order valence-electron chi connectivity index (χ3n) is 4.15. The number of rotatable bonds is 8. The molecule has 1 aromatic heterocycles. The van der Waals surface area contributed by atoms with Crippen LogP contribution >= 0.6 is 0 Å². The second-order valence-corrected chi connectivity index (χ2v) is 6.34. The quantitative estimate of drug-likeness (QED) is 0.573. The number of para-hydroxylation sites is 1. The van der Waals surface area contributed by atoms with E-state index in [1.54, 1.807) is 6.07 Å². The summed E-state index contributed by atoms with van der Waals surface area (Å²) in [4.78, 5) is 23.8. The molecule has 7 heteroatoms. The van der Waals surface area contributed by atoms with E-state index in [9.17, 15) is 14.7 Å². The molecule has 0 spiro atoms. The van der Waals surface area contributed by atoms with Gasteiger partial charge in [0.1, 0.15) is 17.2 Å². The second-order valence-electron chi connectivity index (χ2n) is 6.34. The number of benzene rings is 2. The van der Waals surface area contributed by atoms with Gasteiger partial charge in [0, 0.05) is 25.9 Å². The average Bonchev–Trinajstić information content (AvgIpc) is 2.73. The van der Waals surface area contributed by atoms with Crippen LogP contribution in [0.4, 0.5) is 0 Å². The van der Waals surface area contributed by atoms with Gasteiger partial charge in [-0.1, -0.05) is 24.3 Å². The van der Waals surface area contributed by atoms with Crippen molar-refractivity contribution in [2.24, 2.45) is 7.05 Å². The lowest BCUT2D eigenvalue weighted by Gasteiger charge is -2.10. The van der Waals surface area contributed by atoms with Gasteiger partial charge >= 0.3 is 0 Å². The number of carbonyl (C=O) groups is 1. The molecule has 0 fully saturated rings. The molecule has 0 aliphatic rings. The van der Waals surface area contributed by atoms with Crippen molar-refractivity contribution in [3.05, 3.63) is 82.8 Å². The van der Waals surface area contributed by atoms with Crippen molar-refractivity contribution < 1.29 is 19.4 Å². The Morgan fingerprint density at radius 3 is 2.55 bits per heavy atom. The number of pyridine rings is 1. The normalized spacial score (nSPS) is 10.4. The minimum Gasteiger partial charge on any atom is -0.502 e. The van der Waals surface area contributed by atoms with E-state index in [4.69, 9.17) is 9.47 Å². The van der Waals surface area contributed by atoms with E-state index < -0.39 is 17.2 Å². The SMILES string of the molecule is Cn1ccc(C(=O)NCCCOc2cccc(Oc3ccccc3)c2)c(O)c1=O. The van der Waals surface area contributed by atoms with Gasteiger partial charge in [-0.25, -0.2) is 0 Å². The number of carbonyl (C=O) groups excluding carboxylic acids is 1. The van der Waals surface area contributed by atoms with Crippen LogP contribution in [0.25, 0.3) is 0 Å². The first-order valence-electron chi connectivity index (χ1n) is 9.17. The summed E-state index contributed by atoms with van der Waals surface area (Å²) >= 11 is 0. The molecular formula is C22H22N2O5. The Kier molecular flexibility index (Phi) is 6.52. The Morgan fingerprint density at radius 1 is 1.03 bits per heavy atom. The molecule has 0 radical (unpaired) electrons. The Hall–Kier alpha value is -3.74. The predicted octanol–water partition coefficient (Wildman–Crippen LogP) is 3.08. The maximum absolute atomic E-state index is 12.1. The van der Waals surface area contributed by atoms with Gasteiger partial charge in [-0.15, -0.1) is 0 Å². The Labute approximate surface area is 168 Å². The highest BCUT2D eigenvalue weighted by Gasteiger charge is 2.14. The van der Waals surface area contributed by atoms with Gasteiger partial charge in [0.2, 0.25) is 0 Å². The fourth-order valence-corrected chi connectivity index (χ4v) is 2.61. The van der Waals surface area contributed by atoms with Gasteiger partial charge in [-0.3, -0.25) is 9.59 Å². The molecule has 0 saturated heterocycles. The summed E-state index contributed by atoms with van der Waals surface area (Å²) in [6, 6.07) is 18.2. The lowest BCUT2D eigenvalue weighted by atomic mass is 10.2. The zero-order chi connectivity index (χ0) is 20.6. The van der Waals surface area contributed by atoms with Gasteiger partial charge in [-0.2, -0.15) is 0 Å². The maximum Gasteiger partial charge on any atom is 0.293 e. The topological polar surface area (TPSA) is 89.8 Å². The number of nitrogens with one attached hydrogen (secondary N) is 1. The first-order chi connectivity index (χ1) is 14.0. The van der Waals surface area contributed by atoms with Crippen LogP contribution in [-0.2, 0) is 7.05 Å². The smallest absolute Gasteiger partial charge is 0.293 e. The van der Waals surface area contributed by atoms with Crippen LogP contribution in [0.5, 0.6) is 23.0 Å². The molecule has 0 bridgehead atoms. The third-order valence-corrected chi connectivity index (χ3v) is 4.15. The van der Waals surface area contributed by atoms with Crippen LogP contribution in [0.2, 0.25) is 0 Å². The summed E-state index contributed by atoms with van der Waals surface area (Å²) < 4.78 is 12.7. The first kappa shape index (κ1) is 20.0. The molecule has 3 aromatic rings. The van der Waals surface area contributed by atoms with Crippen molar-refractivity contribution in [2.45, 2.75) is 6.42 Å². The number of aromatic hydroxyl groups is 1. The molecule has 150 valence electrons. The summed E-state index contributed by atoms with van der Waals surface area (Å²) in [7, 11) is 1.50. The number of hydrogen-bond donors (Lipinski definition) is 2. The molecule has 1 heterocycles. The van der Waals surface area contributed by atoms with Crippen LogP contribution in [0, 0.1) is 0 Å². The van der Waals surface area contributed by atoms with Gasteiger partial charge in [0.05, 0.1) is 12.2 Å². The molecule has 7 nitrogen and oxygen atoms in total. The molecule has 2 N–H and O–H groups in total. The van der Waals surface area contributed by atoms with Crippen molar-refractivity contribution >= 4 is 5.91 Å². The van der Waals surface area contributed by atoms with Crippen molar-refractivity contribution in [2.75, 3.05) is 13.2 Å². The van der Waals surface area contributed by atoms with E-state index in [0.29, 0.717) is 31.1 Å². The fourth-order valence-electron chi connectivity index (χ4n) is 2.61. The number of ether oxygens (including phenoxy) is 2. The summed E-state index contributed by atoms with van der Waals surface area (Å²) in [5.74, 6) is 1.01. The highest BCUT2D eigenvalue weighted by Crippen LogP contribution is 2.25. The molecule has 1 amide bonds. The van der Waals surface area contributed by atoms with Crippen LogP contribution in [0.15, 0.2) is 71.7 Å². The van der Waals surface area contributed by atoms with Gasteiger partial charge in [0.25, 0.3) is 11.5 Å². The van der Waals surface area contributed by atoms with Gasteiger partial charge in [-0.05, 0) is 36.8 Å². The van der Waals surface area contributed by atoms with E-state index in [1.165, 1.54) is 23.9 Å². The van der Waals surface area contributed by atoms with E-state index in [-0.39, 0.29) is 5.56 Å². The molecule has 2 aromatic carbocycles. The number of amides is 1. The van der Waals surface area contributed by atoms with E-state index in [0.717, 1.165) is 5.75 Å². The van der Waals surface area contributed by atoms with Crippen LogP contribution in [0.1, 0.15) is 16.8 Å². The highest BCUT2D eigenvalue weighted by molar-refractivity contribution is 5.96. The first-order valence-corrected chi connectivity index (χ1v) is 9.17. The number of aromatic nitrogens is 1. The third kappa shape index (κ3) is 5.38. The minimum atomic E-state index is -0.612. The molecule has 0 unspecified atom stereocenters. The van der Waals surface area contributed by atoms with Gasteiger partial charge in [0.15, 0.2) is 5.75 Å². The Morgan fingerprint density at radius 2 is 1.76 bits per heavy atom. The summed E-state index contributed by atoms with van der Waals surface area (Å²) in [5.41, 5.74) is -0.654. The summed E-state index contributed by atoms with van der Waals surface area (Å²) in [6.07, 6.45) is 1.99. The van der Waals surface area contributed by atoms with E-state index in [1.807, 2.05) is 48.5 Å². The lowest BCUT2D eigenvalue weighted by Crippen LogP contribution is -2.28. The zero-order valence-corrected chi connectivity index (χ0v) is 16.0. The van der Waals surface area contributed by atoms with E-state index >= 15 is 0 Å². The monoisotopic (exact) mass is 394 g/mol. The van der Waals surface area contributed by atoms with Crippen molar-refractivity contribution in [1.29, 1.82) is 0 Å². The van der Waals surface area contributed by atoms with Crippen molar-refractivity contribution in [3.63, 3.8) is 0 Å². The molecule has 0 aliphatic heterocycles. The van der Waals surface area contributed by atoms with Gasteiger partial charge < -0.3 is 24.5 Å². The minimum absolute atomic E-state index is 0.0419. The van der Waals surface area contributed by atoms with Crippen LogP contribution in [0.3, 0.4) is 0 Å². The number of nitrogens with zero attached hydrogens (tertiary/aromatic N) is 1. The molecule has 29 heavy (non-hydrogen) atoms. The Bertz CT molecular complexity index is 1030. The molecule has 3 rings (SSSR count). The predicted molar refractivity (Wildman–Crippen MR) is 109 cm³/mol. The summed E-state index contributed by atoms with van der Waals surface area (Å²) in [6.45, 7) is 0.727. The average molecular weight is 394 g/mol. The number of hydrogen-bond acceptors (Lipinski definition) is 5. The highest BCUT2D eigenvalue weighted by atomic mass is 16.5. The van der Waals surface area contributed by atoms with Crippen molar-refractivity contribution in [1.82, 2.24) is 9.88 Å². The zero-order valence-electron chi connectivity index (χ0n) is 16.0. The van der Waals surface area contributed by atoms with Crippen molar-refractivity contribution in [3.8, 4) is 23.0 Å². The lowest BCUT2D eigenvalue weighted by molar-refractivity contribution is 0.0948. The molecule has 0 saturated carbocycles. The molecule has 0 aliphatic carbocycles. The summed E-state index contributed by atoms with van der Waals surface area (Å²) in [5, 5.41) is 12.5. The van der Waals surface area contributed by atoms with E-state index in [2.05, 4.69) is 5.32 Å². The second kappa shape index (κ2) is 9.45. The Balaban J connectivity index is 1.45. The fraction of sp³-hybridized carbons (Fsp3) is 0.182. The van der Waals surface area contributed by atoms with Crippen LogP contribution < -0.4 is 20.3 Å². The standard InChI is InChI=1S/C22H22N2O5/c1-24-13-11-19(20(25)22(24)27)21(26)23-12-6-14-28-17-9-5-10-18(15-17)29-16-7-3-2-4-8-16/h2-5,7-11,13,15,25H,6,12,14H2,1H3,(H,23,26). The molecular weight excluding hydrogens is 372 g/mol. The number of aryl methyl sites for hydroxylation is 1.